The molecule has 0 saturated heterocycles. The number of halogens is 7. The largest absolute Gasteiger partial charge is 0.443 e. The molecule has 9 nitrogen and oxygen atoms in total. The van der Waals surface area contributed by atoms with E-state index in [1.54, 1.807) is 18.2 Å². The topological polar surface area (TPSA) is 114 Å². The number of alkyl halides is 2. The lowest BCUT2D eigenvalue weighted by molar-refractivity contribution is -0.117. The van der Waals surface area contributed by atoms with E-state index in [0.717, 1.165) is 12.1 Å². The summed E-state index contributed by atoms with van der Waals surface area (Å²) in [5.41, 5.74) is -3.52. The van der Waals surface area contributed by atoms with E-state index in [1.807, 2.05) is 0 Å². The van der Waals surface area contributed by atoms with Gasteiger partial charge in [0.2, 0.25) is 5.91 Å². The van der Waals surface area contributed by atoms with Crippen molar-refractivity contribution in [3.05, 3.63) is 85.8 Å². The van der Waals surface area contributed by atoms with Crippen molar-refractivity contribution in [2.45, 2.75) is 63.0 Å². The minimum Gasteiger partial charge on any atom is -0.443 e. The van der Waals surface area contributed by atoms with Crippen molar-refractivity contribution in [3.8, 4) is 0 Å². The fourth-order valence-corrected chi connectivity index (χ4v) is 6.14. The number of hydrogen-bond acceptors (Lipinski definition) is 6. The number of rotatable bonds is 6. The molecule has 1 aliphatic carbocycles. The lowest BCUT2D eigenvalue weighted by Crippen LogP contribution is -2.44. The van der Waals surface area contributed by atoms with Crippen molar-refractivity contribution >= 4 is 103 Å². The third-order valence-corrected chi connectivity index (χ3v) is 9.31. The Bertz CT molecular complexity index is 1820. The van der Waals surface area contributed by atoms with Crippen molar-refractivity contribution < 1.29 is 37.4 Å². The van der Waals surface area contributed by atoms with Crippen molar-refractivity contribution in [2.75, 3.05) is 15.5 Å². The smallest absolute Gasteiger partial charge is 0.424 e. The second-order valence-electron chi connectivity index (χ2n) is 13.0. The molecule has 2 atom stereocenters. The molecule has 1 aliphatic rings. The fourth-order valence-electron chi connectivity index (χ4n) is 4.67. The SMILES string of the molecule is CC(C)(C)OC(=O)N(C(=O)OC(C)(C)C)c1c(F)ccc(NC(=O)c2cc(NC(=O)C3C(c4ccc(Br)c(Cl)c4)C3(Cl)Cl)ccc2Cl)c1F. The van der Waals surface area contributed by atoms with Gasteiger partial charge in [-0.1, -0.05) is 29.3 Å². The Kier molecular flexibility index (Phi) is 11.2. The van der Waals surface area contributed by atoms with Crippen LogP contribution in [0, 0.1) is 17.6 Å². The highest BCUT2D eigenvalue weighted by Crippen LogP contribution is 2.65. The molecule has 262 valence electrons. The second kappa shape index (κ2) is 14.2. The summed E-state index contributed by atoms with van der Waals surface area (Å²) in [6, 6.07) is 10.7. The van der Waals surface area contributed by atoms with Crippen LogP contribution < -0.4 is 15.5 Å². The Morgan fingerprint density at radius 1 is 0.837 bits per heavy atom. The van der Waals surface area contributed by atoms with Crippen LogP contribution in [-0.4, -0.2) is 39.5 Å². The molecule has 0 bridgehead atoms. The normalized spacial score (nSPS) is 16.8. The summed E-state index contributed by atoms with van der Waals surface area (Å²) >= 11 is 28.7. The van der Waals surface area contributed by atoms with Crippen LogP contribution in [0.3, 0.4) is 0 Å². The van der Waals surface area contributed by atoms with Gasteiger partial charge in [-0.25, -0.2) is 18.4 Å². The number of nitrogens with zero attached hydrogens (tertiary/aromatic N) is 1. The molecule has 1 fully saturated rings. The molecule has 4 amide bonds. The van der Waals surface area contributed by atoms with Crippen molar-refractivity contribution in [1.29, 1.82) is 0 Å². The maximum Gasteiger partial charge on any atom is 0.424 e. The Hall–Kier alpha value is -3.16. The van der Waals surface area contributed by atoms with Gasteiger partial charge in [0.25, 0.3) is 5.91 Å². The van der Waals surface area contributed by atoms with E-state index in [9.17, 15) is 19.2 Å². The first-order valence-electron chi connectivity index (χ1n) is 14.5. The average Bonchev–Trinajstić information content (AvgIpc) is 3.54. The predicted molar refractivity (Wildman–Crippen MR) is 189 cm³/mol. The van der Waals surface area contributed by atoms with E-state index < -0.39 is 74.4 Å². The van der Waals surface area contributed by atoms with E-state index >= 15 is 8.78 Å². The van der Waals surface area contributed by atoms with Crippen LogP contribution in [0.1, 0.15) is 63.4 Å². The first-order chi connectivity index (χ1) is 22.5. The molecule has 0 radical (unpaired) electrons. The first kappa shape index (κ1) is 38.6. The van der Waals surface area contributed by atoms with Crippen LogP contribution in [0.25, 0.3) is 0 Å². The van der Waals surface area contributed by atoms with Gasteiger partial charge in [-0.15, -0.1) is 23.2 Å². The number of amides is 4. The van der Waals surface area contributed by atoms with Gasteiger partial charge in [-0.2, -0.15) is 4.90 Å². The van der Waals surface area contributed by atoms with Crippen LogP contribution >= 0.6 is 62.3 Å². The summed E-state index contributed by atoms with van der Waals surface area (Å²) in [4.78, 5) is 52.7. The fraction of sp³-hybridized carbons (Fsp3) is 0.333. The number of carbonyl (C=O) groups is 4. The van der Waals surface area contributed by atoms with Gasteiger partial charge in [-0.3, -0.25) is 9.59 Å². The third kappa shape index (κ3) is 8.96. The molecule has 0 aliphatic heterocycles. The van der Waals surface area contributed by atoms with Crippen LogP contribution in [0.15, 0.2) is 53.0 Å². The highest BCUT2D eigenvalue weighted by Gasteiger charge is 2.67. The number of hydrogen-bond donors (Lipinski definition) is 2. The number of ether oxygens (including phenoxy) is 2. The molecule has 0 spiro atoms. The lowest BCUT2D eigenvalue weighted by atomic mass is 10.1. The minimum absolute atomic E-state index is 0.0705. The Labute approximate surface area is 309 Å². The molecule has 3 aromatic carbocycles. The molecular weight excluding hydrogens is 794 g/mol. The van der Waals surface area contributed by atoms with Gasteiger partial charge in [0.1, 0.15) is 21.2 Å². The molecule has 49 heavy (non-hydrogen) atoms. The van der Waals surface area contributed by atoms with Gasteiger partial charge in [-0.05, 0) is 106 Å². The monoisotopic (exact) mass is 821 g/mol. The Morgan fingerprint density at radius 2 is 1.43 bits per heavy atom. The maximum atomic E-state index is 16.0. The second-order valence-corrected chi connectivity index (χ2v) is 16.1. The highest BCUT2D eigenvalue weighted by atomic mass is 79.9. The summed E-state index contributed by atoms with van der Waals surface area (Å²) < 4.78 is 40.8. The van der Waals surface area contributed by atoms with Gasteiger partial charge in [0.05, 0.1) is 27.2 Å². The standard InChI is InChI=1S/C33H30BrCl4F2N3O6/c1-31(2,3)48-29(46)43(30(47)49-32(4,5)6)26-21(39)11-12-22(25(26)40)42-27(44)17-14-16(8-10-19(17)35)41-28(45)24-23(33(24,37)38)15-7-9-18(34)20(36)13-15/h7-14,23-24H,1-6H3,(H,41,45)(H,42,44). The molecule has 0 aromatic heterocycles. The summed E-state index contributed by atoms with van der Waals surface area (Å²) in [5.74, 6) is -5.79. The van der Waals surface area contributed by atoms with Gasteiger partial charge in [0.15, 0.2) is 11.6 Å². The van der Waals surface area contributed by atoms with Crippen molar-refractivity contribution in [2.24, 2.45) is 5.92 Å². The van der Waals surface area contributed by atoms with E-state index in [1.165, 1.54) is 59.7 Å². The van der Waals surface area contributed by atoms with Crippen LogP contribution in [0.5, 0.6) is 0 Å². The van der Waals surface area contributed by atoms with Crippen LogP contribution in [0.4, 0.5) is 35.4 Å². The molecule has 1 saturated carbocycles. The lowest BCUT2D eigenvalue weighted by Gasteiger charge is -2.29. The predicted octanol–water partition coefficient (Wildman–Crippen LogP) is 10.5. The molecule has 4 rings (SSSR count). The summed E-state index contributed by atoms with van der Waals surface area (Å²) in [6.07, 6.45) is -2.85. The number of benzene rings is 3. The molecule has 2 N–H and O–H groups in total. The quantitative estimate of drug-likeness (QED) is 0.239. The highest BCUT2D eigenvalue weighted by molar-refractivity contribution is 9.10. The average molecular weight is 824 g/mol. The van der Waals surface area contributed by atoms with Crippen LogP contribution in [-0.2, 0) is 14.3 Å². The molecule has 3 aromatic rings. The van der Waals surface area contributed by atoms with Crippen molar-refractivity contribution in [3.63, 3.8) is 0 Å². The molecule has 16 heteroatoms. The van der Waals surface area contributed by atoms with E-state index in [2.05, 4.69) is 26.6 Å². The zero-order valence-corrected chi connectivity index (χ0v) is 31.4. The van der Waals surface area contributed by atoms with Gasteiger partial charge < -0.3 is 20.1 Å². The molecule has 2 unspecified atom stereocenters. The zero-order valence-electron chi connectivity index (χ0n) is 26.8. The number of carbonyl (C=O) groups excluding carboxylic acids is 4. The molecular formula is C33H30BrCl4F2N3O6. The number of nitrogens with one attached hydrogen (secondary N) is 2. The van der Waals surface area contributed by atoms with E-state index in [-0.39, 0.29) is 21.2 Å². The summed E-state index contributed by atoms with van der Waals surface area (Å²) in [5, 5.41) is 5.25. The van der Waals surface area contributed by atoms with E-state index in [0.29, 0.717) is 15.1 Å². The van der Waals surface area contributed by atoms with Crippen molar-refractivity contribution in [1.82, 2.24) is 0 Å². The molecule has 0 heterocycles. The Morgan fingerprint density at radius 3 is 1.98 bits per heavy atom. The zero-order chi connectivity index (χ0) is 36.8. The van der Waals surface area contributed by atoms with Gasteiger partial charge >= 0.3 is 12.2 Å². The number of imide groups is 1. The minimum atomic E-state index is -1.49. The van der Waals surface area contributed by atoms with Crippen LogP contribution in [0.2, 0.25) is 10.0 Å². The van der Waals surface area contributed by atoms with E-state index in [4.69, 9.17) is 55.9 Å². The summed E-state index contributed by atoms with van der Waals surface area (Å²) in [6.45, 7) is 8.95. The Balaban J connectivity index is 1.60. The van der Waals surface area contributed by atoms with Gasteiger partial charge in [0, 0.05) is 16.1 Å². The first-order valence-corrected chi connectivity index (χ1v) is 16.8. The third-order valence-electron chi connectivity index (χ3n) is 6.81. The summed E-state index contributed by atoms with van der Waals surface area (Å²) in [7, 11) is 0. The number of anilines is 3. The maximum absolute atomic E-state index is 16.0.